The van der Waals surface area contributed by atoms with Crippen molar-refractivity contribution in [3.8, 4) is 5.69 Å². The summed E-state index contributed by atoms with van der Waals surface area (Å²) in [5.41, 5.74) is 1.81. The summed E-state index contributed by atoms with van der Waals surface area (Å²) < 4.78 is 2.00. The Hall–Kier alpha value is -2.35. The zero-order valence-corrected chi connectivity index (χ0v) is 20.1. The Labute approximate surface area is 193 Å². The average molecular weight is 458 g/mol. The normalized spacial score (nSPS) is 12.4. The van der Waals surface area contributed by atoms with Crippen LogP contribution in [0.3, 0.4) is 0 Å². The number of anilines is 1. The van der Waals surface area contributed by atoms with Gasteiger partial charge in [-0.2, -0.15) is 0 Å². The van der Waals surface area contributed by atoms with Crippen LogP contribution in [0, 0.1) is 0 Å². The highest BCUT2D eigenvalue weighted by Gasteiger charge is 2.24. The zero-order chi connectivity index (χ0) is 22.5. The second-order valence-corrected chi connectivity index (χ2v) is 9.15. The fraction of sp³-hybridized carbons (Fsp3) is 0.348. The number of hydrogen-bond acceptors (Lipinski definition) is 5. The molecule has 0 saturated carbocycles. The number of carbonyl (C=O) groups excluding carboxylic acids is 1. The van der Waals surface area contributed by atoms with Crippen LogP contribution in [-0.4, -0.2) is 51.5 Å². The van der Waals surface area contributed by atoms with Crippen LogP contribution in [0.2, 0.25) is 5.02 Å². The number of rotatable bonds is 8. The number of thioether (sulfide) groups is 1. The maximum atomic E-state index is 13.1. The molecule has 1 amide bonds. The van der Waals surface area contributed by atoms with Gasteiger partial charge in [-0.15, -0.1) is 10.2 Å². The molecule has 2 aromatic carbocycles. The Kier molecular flexibility index (Phi) is 7.75. The molecule has 0 saturated heterocycles. The molecule has 0 spiro atoms. The van der Waals surface area contributed by atoms with Crippen molar-refractivity contribution in [2.75, 3.05) is 24.7 Å². The highest BCUT2D eigenvalue weighted by Crippen LogP contribution is 2.28. The van der Waals surface area contributed by atoms with E-state index in [2.05, 4.69) is 22.0 Å². The predicted octanol–water partition coefficient (Wildman–Crippen LogP) is 5.08. The van der Waals surface area contributed by atoms with Crippen LogP contribution in [0.15, 0.2) is 59.8 Å². The molecule has 3 aromatic rings. The summed E-state index contributed by atoms with van der Waals surface area (Å²) in [6, 6.07) is 17.4. The lowest BCUT2D eigenvalue weighted by atomic mass is 10.2. The number of para-hydroxylation sites is 1. The zero-order valence-electron chi connectivity index (χ0n) is 18.5. The smallest absolute Gasteiger partial charge is 0.237 e. The van der Waals surface area contributed by atoms with Gasteiger partial charge < -0.3 is 4.90 Å². The molecule has 31 heavy (non-hydrogen) atoms. The molecule has 0 aliphatic heterocycles. The summed E-state index contributed by atoms with van der Waals surface area (Å²) in [7, 11) is 4.00. The summed E-state index contributed by atoms with van der Waals surface area (Å²) in [5.74, 6) is 1.10. The topological polar surface area (TPSA) is 54.3 Å². The van der Waals surface area contributed by atoms with Crippen molar-refractivity contribution in [3.05, 3.63) is 65.4 Å². The molecular weight excluding hydrogens is 430 g/mol. The maximum absolute atomic E-state index is 13.1. The van der Waals surface area contributed by atoms with Gasteiger partial charge in [0.05, 0.1) is 11.8 Å². The monoisotopic (exact) mass is 457 g/mol. The number of benzene rings is 2. The van der Waals surface area contributed by atoms with E-state index in [0.717, 1.165) is 17.2 Å². The van der Waals surface area contributed by atoms with Crippen molar-refractivity contribution in [3.63, 3.8) is 0 Å². The summed E-state index contributed by atoms with van der Waals surface area (Å²) in [6.07, 6.45) is 0. The number of nitrogens with zero attached hydrogens (tertiary/aromatic N) is 5. The average Bonchev–Trinajstić information content (AvgIpc) is 3.16. The van der Waals surface area contributed by atoms with Crippen LogP contribution in [0.25, 0.3) is 5.69 Å². The molecule has 0 aliphatic carbocycles. The van der Waals surface area contributed by atoms with E-state index < -0.39 is 0 Å². The number of aromatic nitrogens is 3. The van der Waals surface area contributed by atoms with Gasteiger partial charge in [-0.3, -0.25) is 14.3 Å². The van der Waals surface area contributed by atoms with Crippen LogP contribution in [0.5, 0.6) is 0 Å². The third-order valence-electron chi connectivity index (χ3n) is 5.04. The first-order valence-corrected chi connectivity index (χ1v) is 11.5. The number of halogens is 1. The van der Waals surface area contributed by atoms with Crippen LogP contribution in [0.1, 0.15) is 32.6 Å². The minimum atomic E-state index is 0.0269. The van der Waals surface area contributed by atoms with Gasteiger partial charge in [-0.1, -0.05) is 41.6 Å². The molecule has 164 valence electrons. The Morgan fingerprint density at radius 2 is 1.68 bits per heavy atom. The highest BCUT2D eigenvalue weighted by atomic mass is 35.5. The van der Waals surface area contributed by atoms with Gasteiger partial charge in [0.1, 0.15) is 0 Å². The van der Waals surface area contributed by atoms with E-state index in [1.165, 1.54) is 11.8 Å². The first-order valence-electron chi connectivity index (χ1n) is 10.2. The Morgan fingerprint density at radius 1 is 1.03 bits per heavy atom. The van der Waals surface area contributed by atoms with Crippen molar-refractivity contribution < 1.29 is 4.79 Å². The summed E-state index contributed by atoms with van der Waals surface area (Å²) >= 11 is 7.48. The van der Waals surface area contributed by atoms with Crippen LogP contribution in [-0.2, 0) is 4.79 Å². The van der Waals surface area contributed by atoms with E-state index in [0.29, 0.717) is 10.2 Å². The third-order valence-corrected chi connectivity index (χ3v) is 6.20. The van der Waals surface area contributed by atoms with Crippen LogP contribution < -0.4 is 4.90 Å². The van der Waals surface area contributed by atoms with Gasteiger partial charge in [0.25, 0.3) is 0 Å². The van der Waals surface area contributed by atoms with E-state index in [-0.39, 0.29) is 23.7 Å². The molecule has 1 aromatic heterocycles. The first kappa shape index (κ1) is 23.3. The van der Waals surface area contributed by atoms with Gasteiger partial charge in [0.2, 0.25) is 5.91 Å². The minimum Gasteiger partial charge on any atom is -0.309 e. The lowest BCUT2D eigenvalue weighted by Gasteiger charge is -2.26. The fourth-order valence-electron chi connectivity index (χ4n) is 3.22. The quantitative estimate of drug-likeness (QED) is 0.441. The number of carbonyl (C=O) groups is 1. The van der Waals surface area contributed by atoms with Gasteiger partial charge in [0, 0.05) is 22.4 Å². The van der Waals surface area contributed by atoms with E-state index in [1.54, 1.807) is 0 Å². The molecule has 1 atom stereocenters. The van der Waals surface area contributed by atoms with Crippen molar-refractivity contribution >= 4 is 35.0 Å². The molecule has 0 fully saturated rings. The number of hydrogen-bond donors (Lipinski definition) is 0. The lowest BCUT2D eigenvalue weighted by molar-refractivity contribution is -0.116. The van der Waals surface area contributed by atoms with E-state index in [1.807, 2.05) is 92.0 Å². The Balaban J connectivity index is 1.89. The van der Waals surface area contributed by atoms with Crippen LogP contribution in [0.4, 0.5) is 5.69 Å². The third kappa shape index (κ3) is 5.47. The first-order chi connectivity index (χ1) is 14.8. The molecule has 0 N–H and O–H groups in total. The second-order valence-electron chi connectivity index (χ2n) is 7.77. The summed E-state index contributed by atoms with van der Waals surface area (Å²) in [6.45, 7) is 6.11. The Bertz CT molecular complexity index is 1000. The standard InChI is InChI=1S/C23H28ClN5OS/c1-16(2)28(19-9-7-6-8-10-19)21(30)15-31-23-26-25-22(17(3)27(4)5)29(23)20-13-11-18(24)12-14-20/h6-14,16-17H,15H2,1-5H3. The van der Waals surface area contributed by atoms with Crippen LogP contribution >= 0.6 is 23.4 Å². The van der Waals surface area contributed by atoms with Crippen molar-refractivity contribution in [1.29, 1.82) is 0 Å². The van der Waals surface area contributed by atoms with Crippen molar-refractivity contribution in [2.45, 2.75) is 38.0 Å². The highest BCUT2D eigenvalue weighted by molar-refractivity contribution is 7.99. The maximum Gasteiger partial charge on any atom is 0.237 e. The van der Waals surface area contributed by atoms with E-state index in [9.17, 15) is 4.79 Å². The summed E-state index contributed by atoms with van der Waals surface area (Å²) in [4.78, 5) is 17.0. The summed E-state index contributed by atoms with van der Waals surface area (Å²) in [5, 5.41) is 10.2. The van der Waals surface area contributed by atoms with Gasteiger partial charge in [0.15, 0.2) is 11.0 Å². The molecule has 0 bridgehead atoms. The molecule has 6 nitrogen and oxygen atoms in total. The minimum absolute atomic E-state index is 0.0269. The lowest BCUT2D eigenvalue weighted by Crippen LogP contribution is -2.38. The van der Waals surface area contributed by atoms with E-state index in [4.69, 9.17) is 11.6 Å². The number of amides is 1. The molecule has 3 rings (SSSR count). The van der Waals surface area contributed by atoms with Crippen molar-refractivity contribution in [2.24, 2.45) is 0 Å². The largest absolute Gasteiger partial charge is 0.309 e. The molecule has 8 heteroatoms. The van der Waals surface area contributed by atoms with Crippen molar-refractivity contribution in [1.82, 2.24) is 19.7 Å². The van der Waals surface area contributed by atoms with Gasteiger partial charge in [-0.05, 0) is 71.3 Å². The molecular formula is C23H28ClN5OS. The second kappa shape index (κ2) is 10.3. The van der Waals surface area contributed by atoms with Gasteiger partial charge >= 0.3 is 0 Å². The molecule has 0 aliphatic rings. The fourth-order valence-corrected chi connectivity index (χ4v) is 4.17. The molecule has 0 radical (unpaired) electrons. The predicted molar refractivity (Wildman–Crippen MR) is 128 cm³/mol. The van der Waals surface area contributed by atoms with E-state index >= 15 is 0 Å². The SMILES string of the molecule is CC(c1nnc(SCC(=O)N(c2ccccc2)C(C)C)n1-c1ccc(Cl)cc1)N(C)C. The Morgan fingerprint density at radius 3 is 2.26 bits per heavy atom. The molecule has 1 heterocycles. The van der Waals surface area contributed by atoms with Gasteiger partial charge in [-0.25, -0.2) is 0 Å². The molecule has 1 unspecified atom stereocenters.